The molecule has 0 spiro atoms. The maximum atomic E-state index is 12.5. The van der Waals surface area contributed by atoms with Crippen molar-refractivity contribution in [2.75, 3.05) is 5.73 Å². The van der Waals surface area contributed by atoms with Crippen molar-refractivity contribution >= 4 is 17.7 Å². The maximum absolute atomic E-state index is 12.5. The van der Waals surface area contributed by atoms with Crippen molar-refractivity contribution in [3.63, 3.8) is 0 Å². The monoisotopic (exact) mass is 390 g/mol. The van der Waals surface area contributed by atoms with Crippen molar-refractivity contribution in [2.45, 2.75) is 25.2 Å². The Bertz CT molecular complexity index is 1070. The summed E-state index contributed by atoms with van der Waals surface area (Å²) in [5.41, 5.74) is 14.2. The molecule has 3 aromatic rings. The summed E-state index contributed by atoms with van der Waals surface area (Å²) in [5, 5.41) is 4.01. The molecule has 9 nitrogen and oxygen atoms in total. The van der Waals surface area contributed by atoms with Crippen LogP contribution in [0, 0.1) is 5.92 Å². The SMILES string of the molecule is Cn1cc(C(=O)N=C(N)C(C)(c2ccc(-c3cnc(N)nc3)nc2)C2CC2)cn1. The summed E-state index contributed by atoms with van der Waals surface area (Å²) in [6.45, 7) is 2.02. The molecule has 0 aromatic carbocycles. The van der Waals surface area contributed by atoms with Gasteiger partial charge in [-0.05, 0) is 37.3 Å². The molecule has 1 aliphatic carbocycles. The van der Waals surface area contributed by atoms with Crippen LogP contribution >= 0.6 is 0 Å². The number of amides is 1. The van der Waals surface area contributed by atoms with E-state index >= 15 is 0 Å². The molecule has 1 fully saturated rings. The molecule has 4 N–H and O–H groups in total. The number of hydrogen-bond acceptors (Lipinski definition) is 6. The Kier molecular flexibility index (Phi) is 4.57. The summed E-state index contributed by atoms with van der Waals surface area (Å²) in [6.07, 6.45) is 10.2. The van der Waals surface area contributed by atoms with E-state index in [0.717, 1.165) is 29.7 Å². The number of aryl methyl sites for hydroxylation is 1. The van der Waals surface area contributed by atoms with Crippen LogP contribution in [0.25, 0.3) is 11.3 Å². The molecular weight excluding hydrogens is 368 g/mol. The number of carbonyl (C=O) groups is 1. The standard InChI is InChI=1S/C20H22N8O/c1-20(14-3-4-14,18(21)27-17(29)13-9-26-28(2)11-13)15-5-6-16(23-10-15)12-7-24-19(22)25-8-12/h5-11,14H,3-4H2,1-2H3,(H2,21,27,29)(H2,22,24,25). The zero-order chi connectivity index (χ0) is 20.6. The van der Waals surface area contributed by atoms with Crippen LogP contribution in [0.3, 0.4) is 0 Å². The number of pyridine rings is 1. The van der Waals surface area contributed by atoms with Crippen molar-refractivity contribution < 1.29 is 4.79 Å². The molecule has 0 saturated heterocycles. The van der Waals surface area contributed by atoms with Crippen LogP contribution in [0.2, 0.25) is 0 Å². The number of amidine groups is 1. The third-order valence-corrected chi connectivity index (χ3v) is 5.43. The smallest absolute Gasteiger partial charge is 0.281 e. The van der Waals surface area contributed by atoms with Gasteiger partial charge in [0.2, 0.25) is 5.95 Å². The highest BCUT2D eigenvalue weighted by Gasteiger charge is 2.46. The summed E-state index contributed by atoms with van der Waals surface area (Å²) in [5.74, 6) is 0.430. The van der Waals surface area contributed by atoms with Crippen LogP contribution in [0.1, 0.15) is 35.7 Å². The van der Waals surface area contributed by atoms with Gasteiger partial charge in [-0.2, -0.15) is 10.1 Å². The van der Waals surface area contributed by atoms with Gasteiger partial charge >= 0.3 is 0 Å². The van der Waals surface area contributed by atoms with E-state index in [0.29, 0.717) is 17.3 Å². The number of carbonyl (C=O) groups excluding carboxylic acids is 1. The van der Waals surface area contributed by atoms with Gasteiger partial charge in [-0.25, -0.2) is 9.97 Å². The molecule has 148 valence electrons. The first-order valence-electron chi connectivity index (χ1n) is 9.30. The highest BCUT2D eigenvalue weighted by Crippen LogP contribution is 2.47. The molecule has 0 bridgehead atoms. The average molecular weight is 390 g/mol. The van der Waals surface area contributed by atoms with E-state index < -0.39 is 11.3 Å². The van der Waals surface area contributed by atoms with E-state index in [2.05, 4.69) is 25.0 Å². The van der Waals surface area contributed by atoms with Crippen molar-refractivity contribution in [1.29, 1.82) is 0 Å². The highest BCUT2D eigenvalue weighted by molar-refractivity contribution is 6.06. The molecule has 0 aliphatic heterocycles. The highest BCUT2D eigenvalue weighted by atomic mass is 16.1. The summed E-state index contributed by atoms with van der Waals surface area (Å²) in [7, 11) is 1.75. The number of hydrogen-bond donors (Lipinski definition) is 2. The fraction of sp³-hybridized carbons (Fsp3) is 0.300. The molecule has 4 rings (SSSR count). The van der Waals surface area contributed by atoms with Crippen molar-refractivity contribution in [2.24, 2.45) is 23.7 Å². The molecule has 1 unspecified atom stereocenters. The van der Waals surface area contributed by atoms with Gasteiger partial charge in [0.15, 0.2) is 0 Å². The topological polar surface area (TPSA) is 138 Å². The summed E-state index contributed by atoms with van der Waals surface area (Å²) >= 11 is 0. The number of nitrogen functional groups attached to an aromatic ring is 1. The fourth-order valence-corrected chi connectivity index (χ4v) is 3.42. The zero-order valence-corrected chi connectivity index (χ0v) is 16.3. The quantitative estimate of drug-likeness (QED) is 0.499. The summed E-state index contributed by atoms with van der Waals surface area (Å²) in [4.78, 5) is 29.2. The molecule has 1 aliphatic rings. The lowest BCUT2D eigenvalue weighted by molar-refractivity contribution is 0.100. The first-order chi connectivity index (χ1) is 13.9. The van der Waals surface area contributed by atoms with Crippen LogP contribution in [0.4, 0.5) is 5.95 Å². The first kappa shape index (κ1) is 18.7. The second-order valence-corrected chi connectivity index (χ2v) is 7.44. The summed E-state index contributed by atoms with van der Waals surface area (Å²) in [6, 6.07) is 3.86. The van der Waals surface area contributed by atoms with Gasteiger partial charge < -0.3 is 11.5 Å². The van der Waals surface area contributed by atoms with E-state index in [-0.39, 0.29) is 5.95 Å². The Hall–Kier alpha value is -3.62. The molecule has 1 atom stereocenters. The van der Waals surface area contributed by atoms with E-state index in [4.69, 9.17) is 11.5 Å². The minimum Gasteiger partial charge on any atom is -0.386 e. The number of anilines is 1. The number of aliphatic imine (C=N–C) groups is 1. The fourth-order valence-electron chi connectivity index (χ4n) is 3.42. The van der Waals surface area contributed by atoms with Gasteiger partial charge in [-0.3, -0.25) is 14.5 Å². The zero-order valence-electron chi connectivity index (χ0n) is 16.3. The average Bonchev–Trinajstić information content (AvgIpc) is 3.49. The Balaban J connectivity index is 1.65. The predicted molar refractivity (Wildman–Crippen MR) is 109 cm³/mol. The van der Waals surface area contributed by atoms with Gasteiger partial charge in [0.1, 0.15) is 5.84 Å². The minimum atomic E-state index is -0.568. The third kappa shape index (κ3) is 3.58. The van der Waals surface area contributed by atoms with Gasteiger partial charge in [0.05, 0.1) is 22.9 Å². The van der Waals surface area contributed by atoms with Gasteiger partial charge in [0.25, 0.3) is 5.91 Å². The molecule has 0 radical (unpaired) electrons. The van der Waals surface area contributed by atoms with Crippen molar-refractivity contribution in [1.82, 2.24) is 24.7 Å². The third-order valence-electron chi connectivity index (χ3n) is 5.43. The van der Waals surface area contributed by atoms with E-state index in [1.807, 2.05) is 19.1 Å². The predicted octanol–water partition coefficient (Wildman–Crippen LogP) is 1.72. The lowest BCUT2D eigenvalue weighted by atomic mass is 9.77. The molecular formula is C20H22N8O. The maximum Gasteiger partial charge on any atom is 0.281 e. The van der Waals surface area contributed by atoms with Gasteiger partial charge in [-0.15, -0.1) is 0 Å². The van der Waals surface area contributed by atoms with Gasteiger partial charge in [0, 0.05) is 37.4 Å². The normalized spacial score (nSPS) is 16.4. The molecule has 1 saturated carbocycles. The molecule has 9 heteroatoms. The van der Waals surface area contributed by atoms with Crippen LogP contribution in [0.15, 0.2) is 48.1 Å². The number of aromatic nitrogens is 5. The Morgan fingerprint density at radius 1 is 1.17 bits per heavy atom. The Morgan fingerprint density at radius 3 is 2.45 bits per heavy atom. The van der Waals surface area contributed by atoms with Crippen molar-refractivity contribution in [3.8, 4) is 11.3 Å². The van der Waals surface area contributed by atoms with Crippen LogP contribution < -0.4 is 11.5 Å². The minimum absolute atomic E-state index is 0.217. The van der Waals surface area contributed by atoms with E-state index in [1.54, 1.807) is 36.5 Å². The second-order valence-electron chi connectivity index (χ2n) is 7.44. The molecule has 29 heavy (non-hydrogen) atoms. The van der Waals surface area contributed by atoms with E-state index in [1.165, 1.54) is 6.20 Å². The second kappa shape index (κ2) is 7.08. The Morgan fingerprint density at radius 2 is 1.90 bits per heavy atom. The Labute approximate surface area is 167 Å². The van der Waals surface area contributed by atoms with E-state index in [9.17, 15) is 4.79 Å². The van der Waals surface area contributed by atoms with Crippen molar-refractivity contribution in [3.05, 3.63) is 54.2 Å². The lowest BCUT2D eigenvalue weighted by Crippen LogP contribution is -2.41. The number of nitrogens with two attached hydrogens (primary N) is 2. The largest absolute Gasteiger partial charge is 0.386 e. The van der Waals surface area contributed by atoms with Crippen LogP contribution in [0.5, 0.6) is 0 Å². The molecule has 1 amide bonds. The summed E-state index contributed by atoms with van der Waals surface area (Å²) < 4.78 is 1.56. The van der Waals surface area contributed by atoms with Crippen LogP contribution in [-0.2, 0) is 12.5 Å². The van der Waals surface area contributed by atoms with Gasteiger partial charge in [-0.1, -0.05) is 6.07 Å². The molecule has 3 aromatic heterocycles. The number of nitrogens with zero attached hydrogens (tertiary/aromatic N) is 6. The first-order valence-corrected chi connectivity index (χ1v) is 9.30. The number of rotatable bonds is 5. The van der Waals surface area contributed by atoms with Crippen LogP contribution in [-0.4, -0.2) is 36.5 Å². The molecule has 3 heterocycles. The lowest BCUT2D eigenvalue weighted by Gasteiger charge is -2.29.